The summed E-state index contributed by atoms with van der Waals surface area (Å²) in [4.78, 5) is 0. The van der Waals surface area contributed by atoms with Gasteiger partial charge in [0.25, 0.3) is 0 Å². The number of aryl methyl sites for hydroxylation is 1. The van der Waals surface area contributed by atoms with Gasteiger partial charge in [-0.05, 0) is 45.5 Å². The van der Waals surface area contributed by atoms with Gasteiger partial charge < -0.3 is 0 Å². The minimum absolute atomic E-state index is 0.542. The molecule has 0 heteroatoms. The van der Waals surface area contributed by atoms with E-state index in [1.165, 1.54) is 32.7 Å². The van der Waals surface area contributed by atoms with Crippen molar-refractivity contribution in [3.05, 3.63) is 59.7 Å². The van der Waals surface area contributed by atoms with Gasteiger partial charge in [0.2, 0.25) is 0 Å². The van der Waals surface area contributed by atoms with Gasteiger partial charge in [-0.25, -0.2) is 0 Å². The van der Waals surface area contributed by atoms with Crippen LogP contribution in [0.5, 0.6) is 0 Å². The predicted molar refractivity (Wildman–Crippen MR) is 91.6 cm³/mol. The molecule has 0 bridgehead atoms. The monoisotopic (exact) mass is 264 g/mol. The third-order valence-electron chi connectivity index (χ3n) is 3.82. The number of hydrogen-bond acceptors (Lipinski definition) is 0. The molecule has 3 rings (SSSR count). The first kappa shape index (κ1) is 14.6. The van der Waals surface area contributed by atoms with Crippen LogP contribution >= 0.6 is 0 Å². The Bertz CT molecular complexity index is 664. The van der Waals surface area contributed by atoms with Gasteiger partial charge in [-0.15, -0.1) is 0 Å². The fourth-order valence-corrected chi connectivity index (χ4v) is 3.00. The van der Waals surface area contributed by atoms with Crippen molar-refractivity contribution < 1.29 is 0 Å². The minimum Gasteiger partial charge on any atom is -0.0683 e. The molecule has 0 atom stereocenters. The van der Waals surface area contributed by atoms with E-state index in [0.29, 0.717) is 5.92 Å². The van der Waals surface area contributed by atoms with E-state index >= 15 is 0 Å². The molecule has 0 aliphatic rings. The van der Waals surface area contributed by atoms with Crippen molar-refractivity contribution in [1.29, 1.82) is 0 Å². The van der Waals surface area contributed by atoms with Gasteiger partial charge >= 0.3 is 0 Å². The van der Waals surface area contributed by atoms with Crippen molar-refractivity contribution in [2.45, 2.75) is 40.5 Å². The second-order valence-electron chi connectivity index (χ2n) is 5.28. The number of fused-ring (bicyclic) bond motifs is 2. The Labute approximate surface area is 122 Å². The SMILES string of the molecule is CC.Cc1c2ccccc2c(C(C)C)c2ccccc12. The van der Waals surface area contributed by atoms with Crippen molar-refractivity contribution in [2.24, 2.45) is 0 Å². The third-order valence-corrected chi connectivity index (χ3v) is 3.82. The summed E-state index contributed by atoms with van der Waals surface area (Å²) in [6.45, 7) is 10.8. The number of hydrogen-bond donors (Lipinski definition) is 0. The van der Waals surface area contributed by atoms with Crippen LogP contribution in [0.15, 0.2) is 48.5 Å². The Balaban J connectivity index is 0.000000704. The van der Waals surface area contributed by atoms with E-state index in [1.54, 1.807) is 0 Å². The smallest absolute Gasteiger partial charge is 0.0140 e. The van der Waals surface area contributed by atoms with E-state index in [1.807, 2.05) is 13.8 Å². The largest absolute Gasteiger partial charge is 0.0683 e. The van der Waals surface area contributed by atoms with Gasteiger partial charge in [0.15, 0.2) is 0 Å². The molecule has 3 aromatic carbocycles. The zero-order valence-electron chi connectivity index (χ0n) is 13.2. The lowest BCUT2D eigenvalue weighted by Gasteiger charge is -2.17. The Morgan fingerprint density at radius 3 is 1.35 bits per heavy atom. The summed E-state index contributed by atoms with van der Waals surface area (Å²) in [5.41, 5.74) is 2.87. The van der Waals surface area contributed by atoms with E-state index in [4.69, 9.17) is 0 Å². The van der Waals surface area contributed by atoms with Gasteiger partial charge in [-0.1, -0.05) is 76.2 Å². The van der Waals surface area contributed by atoms with Crippen LogP contribution in [0.1, 0.15) is 44.7 Å². The summed E-state index contributed by atoms with van der Waals surface area (Å²) in [5, 5.41) is 5.59. The maximum absolute atomic E-state index is 2.28. The van der Waals surface area contributed by atoms with Crippen LogP contribution in [0.3, 0.4) is 0 Å². The number of rotatable bonds is 1. The molecule has 0 saturated carbocycles. The van der Waals surface area contributed by atoms with E-state index in [0.717, 1.165) is 0 Å². The van der Waals surface area contributed by atoms with Crippen molar-refractivity contribution in [2.75, 3.05) is 0 Å². The van der Waals surface area contributed by atoms with Crippen LogP contribution in [-0.2, 0) is 0 Å². The summed E-state index contributed by atoms with van der Waals surface area (Å²) in [7, 11) is 0. The predicted octanol–water partition coefficient (Wildman–Crippen LogP) is 6.45. The summed E-state index contributed by atoms with van der Waals surface area (Å²) in [5.74, 6) is 0.542. The van der Waals surface area contributed by atoms with E-state index in [2.05, 4.69) is 69.3 Å². The zero-order valence-corrected chi connectivity index (χ0v) is 13.2. The number of benzene rings is 3. The highest BCUT2D eigenvalue weighted by Crippen LogP contribution is 2.36. The molecule has 0 aliphatic carbocycles. The molecule has 0 fully saturated rings. The molecule has 104 valence electrons. The van der Waals surface area contributed by atoms with Crippen molar-refractivity contribution in [1.82, 2.24) is 0 Å². The molecule has 0 nitrogen and oxygen atoms in total. The molecule has 0 N–H and O–H groups in total. The molecule has 0 unspecified atom stereocenters. The van der Waals surface area contributed by atoms with Crippen molar-refractivity contribution >= 4 is 21.5 Å². The molecular weight excluding hydrogens is 240 g/mol. The Hall–Kier alpha value is -1.82. The summed E-state index contributed by atoms with van der Waals surface area (Å²) < 4.78 is 0. The molecule has 0 spiro atoms. The van der Waals surface area contributed by atoms with Gasteiger partial charge in [0, 0.05) is 0 Å². The van der Waals surface area contributed by atoms with Gasteiger partial charge in [0.1, 0.15) is 0 Å². The maximum Gasteiger partial charge on any atom is -0.0140 e. The van der Waals surface area contributed by atoms with Gasteiger partial charge in [-0.2, -0.15) is 0 Å². The maximum atomic E-state index is 2.28. The second-order valence-corrected chi connectivity index (χ2v) is 5.28. The molecule has 3 aromatic rings. The van der Waals surface area contributed by atoms with Gasteiger partial charge in [-0.3, -0.25) is 0 Å². The van der Waals surface area contributed by atoms with Crippen LogP contribution in [0.2, 0.25) is 0 Å². The average molecular weight is 264 g/mol. The van der Waals surface area contributed by atoms with Crippen LogP contribution in [-0.4, -0.2) is 0 Å². The normalized spacial score (nSPS) is 10.7. The zero-order chi connectivity index (χ0) is 14.7. The first-order valence-corrected chi connectivity index (χ1v) is 7.60. The molecule has 0 aromatic heterocycles. The van der Waals surface area contributed by atoms with E-state index in [-0.39, 0.29) is 0 Å². The quantitative estimate of drug-likeness (QED) is 0.443. The highest BCUT2D eigenvalue weighted by molar-refractivity contribution is 6.05. The van der Waals surface area contributed by atoms with Crippen LogP contribution in [0.25, 0.3) is 21.5 Å². The first-order valence-electron chi connectivity index (χ1n) is 7.60. The van der Waals surface area contributed by atoms with Crippen LogP contribution in [0.4, 0.5) is 0 Å². The fourth-order valence-electron chi connectivity index (χ4n) is 3.00. The average Bonchev–Trinajstić information content (AvgIpc) is 2.49. The van der Waals surface area contributed by atoms with Crippen molar-refractivity contribution in [3.8, 4) is 0 Å². The highest BCUT2D eigenvalue weighted by atomic mass is 14.2. The highest BCUT2D eigenvalue weighted by Gasteiger charge is 2.12. The standard InChI is InChI=1S/C18H18.C2H6/c1-12(2)18-16-10-6-4-8-14(16)13(3)15-9-5-7-11-17(15)18;1-2/h4-12H,1-3H3;1-2H3. The third kappa shape index (κ3) is 2.31. The Morgan fingerprint density at radius 1 is 0.650 bits per heavy atom. The summed E-state index contributed by atoms with van der Waals surface area (Å²) in [6.07, 6.45) is 0. The van der Waals surface area contributed by atoms with Gasteiger partial charge in [0.05, 0.1) is 0 Å². The topological polar surface area (TPSA) is 0 Å². The lowest BCUT2D eigenvalue weighted by molar-refractivity contribution is 0.885. The fraction of sp³-hybridized carbons (Fsp3) is 0.300. The molecule has 0 aliphatic heterocycles. The Morgan fingerprint density at radius 2 is 1.00 bits per heavy atom. The van der Waals surface area contributed by atoms with Crippen molar-refractivity contribution in [3.63, 3.8) is 0 Å². The lowest BCUT2D eigenvalue weighted by Crippen LogP contribution is -1.94. The molecule has 0 heterocycles. The van der Waals surface area contributed by atoms with E-state index < -0.39 is 0 Å². The molecular formula is C20H24. The minimum atomic E-state index is 0.542. The second kappa shape index (κ2) is 6.09. The van der Waals surface area contributed by atoms with Crippen LogP contribution < -0.4 is 0 Å². The summed E-state index contributed by atoms with van der Waals surface area (Å²) in [6, 6.07) is 17.5. The summed E-state index contributed by atoms with van der Waals surface area (Å²) >= 11 is 0. The Kier molecular flexibility index (Phi) is 4.44. The molecule has 20 heavy (non-hydrogen) atoms. The van der Waals surface area contributed by atoms with Crippen LogP contribution in [0, 0.1) is 6.92 Å². The lowest BCUT2D eigenvalue weighted by atomic mass is 9.87. The first-order chi connectivity index (χ1) is 9.70. The molecule has 0 radical (unpaired) electrons. The van der Waals surface area contributed by atoms with E-state index in [9.17, 15) is 0 Å². The molecule has 0 saturated heterocycles. The molecule has 0 amide bonds.